The molecule has 0 bridgehead atoms. The predicted octanol–water partition coefficient (Wildman–Crippen LogP) is 2.43. The van der Waals surface area contributed by atoms with Gasteiger partial charge in [0.15, 0.2) is 6.10 Å². The van der Waals surface area contributed by atoms with Crippen LogP contribution in [0.4, 0.5) is 0 Å². The lowest BCUT2D eigenvalue weighted by Crippen LogP contribution is -2.42. The molecule has 1 atom stereocenters. The Morgan fingerprint density at radius 1 is 1.36 bits per heavy atom. The van der Waals surface area contributed by atoms with E-state index in [4.69, 9.17) is 9.15 Å². The van der Waals surface area contributed by atoms with E-state index in [-0.39, 0.29) is 17.2 Å². The number of carbonyl (C=O) groups excluding carboxylic acids is 1. The number of carbonyl (C=O) groups is 1. The zero-order valence-electron chi connectivity index (χ0n) is 15.4. The van der Waals surface area contributed by atoms with Crippen molar-refractivity contribution < 1.29 is 13.9 Å². The summed E-state index contributed by atoms with van der Waals surface area (Å²) in [4.78, 5) is 14.5. The number of aromatic amines is 1. The lowest BCUT2D eigenvalue weighted by molar-refractivity contribution is -0.0352. The van der Waals surface area contributed by atoms with Crippen molar-refractivity contribution in [2.45, 2.75) is 52.1 Å². The Hall–Kier alpha value is -2.22. The van der Waals surface area contributed by atoms with Gasteiger partial charge in [0.25, 0.3) is 5.91 Å². The third-order valence-electron chi connectivity index (χ3n) is 4.18. The molecule has 0 aliphatic carbocycles. The minimum atomic E-state index is -0.404. The van der Waals surface area contributed by atoms with Gasteiger partial charge >= 0.3 is 0 Å². The Morgan fingerprint density at radius 2 is 2.12 bits per heavy atom. The molecule has 1 amide bonds. The van der Waals surface area contributed by atoms with Crippen molar-refractivity contribution >= 4 is 5.91 Å². The molecule has 1 aliphatic heterocycles. The van der Waals surface area contributed by atoms with E-state index in [1.165, 1.54) is 0 Å². The quantitative estimate of drug-likeness (QED) is 0.916. The molecule has 3 heterocycles. The molecule has 0 unspecified atom stereocenters. The molecule has 2 aromatic rings. The molecule has 8 heteroatoms. The summed E-state index contributed by atoms with van der Waals surface area (Å²) < 4.78 is 11.4. The van der Waals surface area contributed by atoms with Gasteiger partial charge in [-0.05, 0) is 6.07 Å². The van der Waals surface area contributed by atoms with Crippen LogP contribution < -0.4 is 0 Å². The maximum Gasteiger partial charge on any atom is 0.274 e. The summed E-state index contributed by atoms with van der Waals surface area (Å²) in [6, 6.07) is 1.82. The Kier molecular flexibility index (Phi) is 4.64. The number of aromatic nitrogens is 4. The summed E-state index contributed by atoms with van der Waals surface area (Å²) in [6.45, 7) is 11.5. The van der Waals surface area contributed by atoms with Crippen LogP contribution in [-0.2, 0) is 10.2 Å². The summed E-state index contributed by atoms with van der Waals surface area (Å²) in [5.74, 6) is 1.02. The number of morpholine rings is 1. The number of H-pyrrole nitrogens is 1. The third-order valence-corrected chi connectivity index (χ3v) is 4.18. The largest absolute Gasteiger partial charge is 0.422 e. The molecule has 1 fully saturated rings. The molecule has 25 heavy (non-hydrogen) atoms. The first kappa shape index (κ1) is 17.6. The molecular weight excluding hydrogens is 322 g/mol. The number of amides is 1. The third kappa shape index (κ3) is 3.73. The monoisotopic (exact) mass is 347 g/mol. The second-order valence-corrected chi connectivity index (χ2v) is 7.66. The first-order valence-corrected chi connectivity index (χ1v) is 8.55. The van der Waals surface area contributed by atoms with E-state index < -0.39 is 6.10 Å². The molecule has 136 valence electrons. The summed E-state index contributed by atoms with van der Waals surface area (Å²) in [7, 11) is 0. The molecule has 3 rings (SSSR count). The fourth-order valence-corrected chi connectivity index (χ4v) is 2.57. The van der Waals surface area contributed by atoms with Crippen molar-refractivity contribution in [2.75, 3.05) is 19.7 Å². The lowest BCUT2D eigenvalue weighted by atomic mass is 9.92. The highest BCUT2D eigenvalue weighted by Gasteiger charge is 2.31. The van der Waals surface area contributed by atoms with Gasteiger partial charge in [-0.1, -0.05) is 34.6 Å². The molecule has 1 saturated heterocycles. The van der Waals surface area contributed by atoms with E-state index in [2.05, 4.69) is 41.2 Å². The molecule has 8 nitrogen and oxygen atoms in total. The first-order valence-electron chi connectivity index (χ1n) is 8.55. The zero-order valence-corrected chi connectivity index (χ0v) is 15.4. The van der Waals surface area contributed by atoms with E-state index in [0.29, 0.717) is 37.2 Å². The molecule has 0 spiro atoms. The average Bonchev–Trinajstić information content (AvgIpc) is 3.23. The van der Waals surface area contributed by atoms with Gasteiger partial charge in [-0.2, -0.15) is 5.10 Å². The molecular formula is C17H25N5O3. The molecule has 1 aliphatic rings. The van der Waals surface area contributed by atoms with Gasteiger partial charge < -0.3 is 14.1 Å². The van der Waals surface area contributed by atoms with Crippen molar-refractivity contribution in [3.63, 3.8) is 0 Å². The molecule has 0 radical (unpaired) electrons. The van der Waals surface area contributed by atoms with Gasteiger partial charge in [0, 0.05) is 23.6 Å². The maximum absolute atomic E-state index is 12.8. The van der Waals surface area contributed by atoms with Crippen LogP contribution in [0.2, 0.25) is 0 Å². The van der Waals surface area contributed by atoms with Gasteiger partial charge in [-0.3, -0.25) is 9.89 Å². The Bertz CT molecular complexity index is 744. The SMILES string of the molecule is CC(C)c1nnc([C@H]2CN(C(=O)c3cc(C(C)(C)C)[nH]n3)CCO2)o1. The van der Waals surface area contributed by atoms with Crippen LogP contribution in [0.3, 0.4) is 0 Å². The fourth-order valence-electron chi connectivity index (χ4n) is 2.57. The molecule has 0 aromatic carbocycles. The first-order chi connectivity index (χ1) is 11.8. The lowest BCUT2D eigenvalue weighted by Gasteiger charge is -2.30. The maximum atomic E-state index is 12.8. The van der Waals surface area contributed by atoms with Crippen LogP contribution in [0.25, 0.3) is 0 Å². The number of nitrogens with zero attached hydrogens (tertiary/aromatic N) is 4. The summed E-state index contributed by atoms with van der Waals surface area (Å²) in [5.41, 5.74) is 1.26. The number of hydrogen-bond donors (Lipinski definition) is 1. The normalized spacial score (nSPS) is 18.8. The van der Waals surface area contributed by atoms with Gasteiger partial charge in [0.1, 0.15) is 5.69 Å². The van der Waals surface area contributed by atoms with E-state index in [1.54, 1.807) is 4.90 Å². The van der Waals surface area contributed by atoms with Gasteiger partial charge in [0.2, 0.25) is 11.8 Å². The van der Waals surface area contributed by atoms with Gasteiger partial charge in [0.05, 0.1) is 13.2 Å². The van der Waals surface area contributed by atoms with E-state index >= 15 is 0 Å². The summed E-state index contributed by atoms with van der Waals surface area (Å²) >= 11 is 0. The average molecular weight is 347 g/mol. The smallest absolute Gasteiger partial charge is 0.274 e. The predicted molar refractivity (Wildman–Crippen MR) is 90.3 cm³/mol. The van der Waals surface area contributed by atoms with Crippen LogP contribution in [-0.4, -0.2) is 50.9 Å². The minimum absolute atomic E-state index is 0.0872. The Labute approximate surface area is 146 Å². The molecule has 2 aromatic heterocycles. The minimum Gasteiger partial charge on any atom is -0.422 e. The zero-order chi connectivity index (χ0) is 18.2. The van der Waals surface area contributed by atoms with Gasteiger partial charge in [-0.15, -0.1) is 10.2 Å². The van der Waals surface area contributed by atoms with Crippen molar-refractivity contribution in [2.24, 2.45) is 0 Å². The second-order valence-electron chi connectivity index (χ2n) is 7.66. The summed E-state index contributed by atoms with van der Waals surface area (Å²) in [6.07, 6.45) is -0.404. The van der Waals surface area contributed by atoms with Gasteiger partial charge in [-0.25, -0.2) is 0 Å². The van der Waals surface area contributed by atoms with Crippen molar-refractivity contribution in [3.05, 3.63) is 29.2 Å². The summed E-state index contributed by atoms with van der Waals surface area (Å²) in [5, 5.41) is 15.2. The van der Waals surface area contributed by atoms with Crippen molar-refractivity contribution in [1.82, 2.24) is 25.3 Å². The molecule has 1 N–H and O–H groups in total. The Morgan fingerprint density at radius 3 is 2.72 bits per heavy atom. The number of rotatable bonds is 3. The highest BCUT2D eigenvalue weighted by Crippen LogP contribution is 2.25. The number of ether oxygens (including phenoxy) is 1. The van der Waals surface area contributed by atoms with Crippen LogP contribution >= 0.6 is 0 Å². The number of nitrogens with one attached hydrogen (secondary N) is 1. The molecule has 0 saturated carbocycles. The van der Waals surface area contributed by atoms with Crippen LogP contribution in [0.5, 0.6) is 0 Å². The van der Waals surface area contributed by atoms with E-state index in [1.807, 2.05) is 19.9 Å². The number of hydrogen-bond acceptors (Lipinski definition) is 6. The fraction of sp³-hybridized carbons (Fsp3) is 0.647. The highest BCUT2D eigenvalue weighted by molar-refractivity contribution is 5.92. The van der Waals surface area contributed by atoms with Crippen LogP contribution in [0.15, 0.2) is 10.5 Å². The Balaban J connectivity index is 1.72. The van der Waals surface area contributed by atoms with Crippen LogP contribution in [0.1, 0.15) is 74.6 Å². The van der Waals surface area contributed by atoms with Crippen LogP contribution in [0, 0.1) is 0 Å². The standard InChI is InChI=1S/C17H25N5O3/c1-10(2)14-20-21-15(25-14)12-9-22(6-7-24-12)16(23)11-8-13(19-18-11)17(3,4)5/h8,10,12H,6-7,9H2,1-5H3,(H,18,19)/t12-/m1/s1. The second kappa shape index (κ2) is 6.59. The van der Waals surface area contributed by atoms with E-state index in [0.717, 1.165) is 5.69 Å². The highest BCUT2D eigenvalue weighted by atomic mass is 16.5. The van der Waals surface area contributed by atoms with Crippen molar-refractivity contribution in [3.8, 4) is 0 Å². The van der Waals surface area contributed by atoms with E-state index in [9.17, 15) is 4.79 Å². The van der Waals surface area contributed by atoms with Crippen molar-refractivity contribution in [1.29, 1.82) is 0 Å². The topological polar surface area (TPSA) is 97.1 Å².